The van der Waals surface area contributed by atoms with Gasteiger partial charge in [0.15, 0.2) is 0 Å². The van der Waals surface area contributed by atoms with Crippen molar-refractivity contribution in [3.63, 3.8) is 0 Å². The van der Waals surface area contributed by atoms with Crippen LogP contribution in [-0.4, -0.2) is 4.57 Å². The molecule has 0 saturated carbocycles. The third kappa shape index (κ3) is 2.48. The molecule has 0 amide bonds. The number of hydrogen-bond acceptors (Lipinski definition) is 0. The second kappa shape index (κ2) is 6.35. The van der Waals surface area contributed by atoms with Gasteiger partial charge in [0.25, 0.3) is 0 Å². The first-order valence-electron chi connectivity index (χ1n) is 9.97. The third-order valence-corrected chi connectivity index (χ3v) is 5.79. The molecule has 1 nitrogen and oxygen atoms in total. The van der Waals surface area contributed by atoms with Gasteiger partial charge in [-0.15, -0.1) is 0 Å². The Kier molecular flexibility index (Phi) is 3.54. The molecule has 0 N–H and O–H groups in total. The first-order chi connectivity index (χ1) is 14.4. The first kappa shape index (κ1) is 16.1. The van der Waals surface area contributed by atoms with Gasteiger partial charge in [0.05, 0.1) is 11.0 Å². The summed E-state index contributed by atoms with van der Waals surface area (Å²) >= 11 is 0. The zero-order chi connectivity index (χ0) is 19.2. The Labute approximate surface area is 169 Å². The number of para-hydroxylation sites is 2. The molecule has 0 atom stereocenters. The maximum Gasteiger partial charge on any atom is 0.0541 e. The van der Waals surface area contributed by atoms with E-state index in [1.54, 1.807) is 0 Å². The average Bonchev–Trinajstić information content (AvgIpc) is 3.13. The van der Waals surface area contributed by atoms with Crippen molar-refractivity contribution >= 4 is 32.6 Å². The topological polar surface area (TPSA) is 4.93 Å². The van der Waals surface area contributed by atoms with Crippen molar-refractivity contribution in [1.29, 1.82) is 0 Å². The first-order valence-corrected chi connectivity index (χ1v) is 9.97. The highest BCUT2D eigenvalue weighted by Gasteiger charge is 2.13. The maximum atomic E-state index is 2.36. The Bertz CT molecular complexity index is 1480. The number of aromatic nitrogens is 1. The van der Waals surface area contributed by atoms with Crippen molar-refractivity contribution in [3.05, 3.63) is 115 Å². The van der Waals surface area contributed by atoms with Crippen molar-refractivity contribution < 1.29 is 0 Å². The summed E-state index contributed by atoms with van der Waals surface area (Å²) in [7, 11) is 0. The predicted molar refractivity (Wildman–Crippen MR) is 124 cm³/mol. The van der Waals surface area contributed by atoms with Crippen molar-refractivity contribution in [2.75, 3.05) is 0 Å². The van der Waals surface area contributed by atoms with Crippen LogP contribution in [0.4, 0.5) is 0 Å². The molecule has 0 aliphatic rings. The number of fused-ring (bicyclic) bond motifs is 4. The molecule has 0 saturated heterocycles. The van der Waals surface area contributed by atoms with Gasteiger partial charge >= 0.3 is 0 Å². The van der Waals surface area contributed by atoms with Gasteiger partial charge in [0, 0.05) is 16.5 Å². The summed E-state index contributed by atoms with van der Waals surface area (Å²) in [5.41, 5.74) is 6.20. The van der Waals surface area contributed by atoms with Gasteiger partial charge in [0.2, 0.25) is 0 Å². The van der Waals surface area contributed by atoms with E-state index in [9.17, 15) is 0 Å². The van der Waals surface area contributed by atoms with Crippen molar-refractivity contribution in [2.45, 2.75) is 0 Å². The Hall–Kier alpha value is -3.84. The Morgan fingerprint density at radius 1 is 0.448 bits per heavy atom. The molecule has 6 rings (SSSR count). The average molecular weight is 369 g/mol. The van der Waals surface area contributed by atoms with E-state index in [2.05, 4.69) is 120 Å². The molecule has 136 valence electrons. The third-order valence-electron chi connectivity index (χ3n) is 5.79. The molecule has 0 spiro atoms. The zero-order valence-electron chi connectivity index (χ0n) is 15.9. The Morgan fingerprint density at radius 2 is 1.14 bits per heavy atom. The maximum absolute atomic E-state index is 2.36. The molecular weight excluding hydrogens is 350 g/mol. The van der Waals surface area contributed by atoms with E-state index in [4.69, 9.17) is 0 Å². The quantitative estimate of drug-likeness (QED) is 0.296. The van der Waals surface area contributed by atoms with E-state index in [0.29, 0.717) is 0 Å². The van der Waals surface area contributed by atoms with Crippen molar-refractivity contribution in [2.24, 2.45) is 0 Å². The molecule has 0 bridgehead atoms. The zero-order valence-corrected chi connectivity index (χ0v) is 15.9. The van der Waals surface area contributed by atoms with Crippen LogP contribution in [0.3, 0.4) is 0 Å². The fourth-order valence-corrected chi connectivity index (χ4v) is 4.47. The van der Waals surface area contributed by atoms with Gasteiger partial charge in [-0.05, 0) is 52.2 Å². The van der Waals surface area contributed by atoms with Crippen LogP contribution in [0.25, 0.3) is 49.4 Å². The summed E-state index contributed by atoms with van der Waals surface area (Å²) < 4.78 is 2.36. The van der Waals surface area contributed by atoms with Crippen LogP contribution in [-0.2, 0) is 0 Å². The fraction of sp³-hybridized carbons (Fsp3) is 0. The monoisotopic (exact) mass is 369 g/mol. The molecule has 1 heteroatoms. The van der Waals surface area contributed by atoms with E-state index in [1.165, 1.54) is 49.4 Å². The number of rotatable bonds is 2. The van der Waals surface area contributed by atoms with E-state index in [0.717, 1.165) is 0 Å². The highest BCUT2D eigenvalue weighted by atomic mass is 15.0. The fourth-order valence-electron chi connectivity index (χ4n) is 4.47. The van der Waals surface area contributed by atoms with Gasteiger partial charge in [-0.2, -0.15) is 0 Å². The van der Waals surface area contributed by atoms with Gasteiger partial charge in [-0.1, -0.05) is 84.9 Å². The van der Waals surface area contributed by atoms with Crippen LogP contribution >= 0.6 is 0 Å². The summed E-state index contributed by atoms with van der Waals surface area (Å²) in [4.78, 5) is 0. The molecule has 6 aromatic rings. The lowest BCUT2D eigenvalue weighted by molar-refractivity contribution is 1.18. The van der Waals surface area contributed by atoms with Crippen molar-refractivity contribution in [3.8, 4) is 16.8 Å². The second-order valence-electron chi connectivity index (χ2n) is 7.45. The summed E-state index contributed by atoms with van der Waals surface area (Å²) in [5, 5.41) is 5.14. The number of nitrogens with zero attached hydrogens (tertiary/aromatic N) is 1. The lowest BCUT2D eigenvalue weighted by Crippen LogP contribution is -1.92. The van der Waals surface area contributed by atoms with Crippen LogP contribution in [0.2, 0.25) is 0 Å². The minimum absolute atomic E-state index is 1.19. The molecule has 29 heavy (non-hydrogen) atoms. The summed E-state index contributed by atoms with van der Waals surface area (Å²) in [6, 6.07) is 41.3. The van der Waals surface area contributed by atoms with Crippen LogP contribution < -0.4 is 0 Å². The SMILES string of the molecule is c1ccc(-n2c3ccccc3c3cc(-c4cccc5ccccc45)ccc32)cc1. The lowest BCUT2D eigenvalue weighted by atomic mass is 9.97. The highest BCUT2D eigenvalue weighted by molar-refractivity contribution is 6.11. The number of benzene rings is 5. The number of hydrogen-bond donors (Lipinski definition) is 0. The molecule has 0 fully saturated rings. The normalized spacial score (nSPS) is 11.4. The molecule has 5 aromatic carbocycles. The Balaban J connectivity index is 1.68. The van der Waals surface area contributed by atoms with Gasteiger partial charge < -0.3 is 4.57 Å². The second-order valence-corrected chi connectivity index (χ2v) is 7.45. The van der Waals surface area contributed by atoms with E-state index in [1.807, 2.05) is 0 Å². The predicted octanol–water partition coefficient (Wildman–Crippen LogP) is 7.60. The summed E-state index contributed by atoms with van der Waals surface area (Å²) in [5.74, 6) is 0. The van der Waals surface area contributed by atoms with E-state index in [-0.39, 0.29) is 0 Å². The van der Waals surface area contributed by atoms with E-state index >= 15 is 0 Å². The summed E-state index contributed by atoms with van der Waals surface area (Å²) in [6.07, 6.45) is 0. The van der Waals surface area contributed by atoms with Gasteiger partial charge in [-0.3, -0.25) is 0 Å². The van der Waals surface area contributed by atoms with Crippen molar-refractivity contribution in [1.82, 2.24) is 4.57 Å². The van der Waals surface area contributed by atoms with Crippen LogP contribution in [0.15, 0.2) is 115 Å². The van der Waals surface area contributed by atoms with E-state index < -0.39 is 0 Å². The van der Waals surface area contributed by atoms with Crippen LogP contribution in [0.5, 0.6) is 0 Å². The molecule has 1 heterocycles. The van der Waals surface area contributed by atoms with Crippen LogP contribution in [0, 0.1) is 0 Å². The standard InChI is InChI=1S/C28H19N/c1-2-11-22(12-3-1)29-27-16-7-6-14-25(27)26-19-21(17-18-28(26)29)24-15-8-10-20-9-4-5-13-23(20)24/h1-19H. The largest absolute Gasteiger partial charge is 0.309 e. The van der Waals surface area contributed by atoms with Gasteiger partial charge in [0.1, 0.15) is 0 Å². The Morgan fingerprint density at radius 3 is 2.03 bits per heavy atom. The van der Waals surface area contributed by atoms with Gasteiger partial charge in [-0.25, -0.2) is 0 Å². The molecule has 0 aliphatic carbocycles. The smallest absolute Gasteiger partial charge is 0.0541 e. The van der Waals surface area contributed by atoms with Crippen LogP contribution in [0.1, 0.15) is 0 Å². The lowest BCUT2D eigenvalue weighted by Gasteiger charge is -2.09. The highest BCUT2D eigenvalue weighted by Crippen LogP contribution is 2.36. The molecule has 0 aliphatic heterocycles. The molecule has 0 unspecified atom stereocenters. The minimum atomic E-state index is 1.19. The summed E-state index contributed by atoms with van der Waals surface area (Å²) in [6.45, 7) is 0. The molecule has 0 radical (unpaired) electrons. The minimum Gasteiger partial charge on any atom is -0.309 e. The molecule has 1 aromatic heterocycles. The molecular formula is C28H19N.